The first-order valence-corrected chi connectivity index (χ1v) is 7.19. The number of nitrogens with one attached hydrogen (secondary N) is 1. The first kappa shape index (κ1) is 13.1. The van der Waals surface area contributed by atoms with E-state index in [0.717, 1.165) is 11.5 Å². The minimum atomic E-state index is 0.111. The predicted octanol–water partition coefficient (Wildman–Crippen LogP) is 3.40. The van der Waals surface area contributed by atoms with E-state index in [9.17, 15) is 0 Å². The molecular formula is C12H14INO2S. The average molecular weight is 363 g/mol. The molecule has 0 saturated carbocycles. The Hall–Kier alpha value is -0.370. The summed E-state index contributed by atoms with van der Waals surface area (Å²) in [6.45, 7) is 0.512. The molecule has 0 aliphatic carbocycles. The van der Waals surface area contributed by atoms with E-state index >= 15 is 0 Å². The maximum Gasteiger partial charge on any atom is 0.129 e. The Kier molecular flexibility index (Phi) is 4.61. The van der Waals surface area contributed by atoms with Gasteiger partial charge in [0.1, 0.15) is 18.1 Å². The molecule has 92 valence electrons. The van der Waals surface area contributed by atoms with E-state index in [1.165, 1.54) is 8.45 Å². The van der Waals surface area contributed by atoms with Gasteiger partial charge in [-0.15, -0.1) is 11.3 Å². The molecule has 0 spiro atoms. The van der Waals surface area contributed by atoms with Crippen molar-refractivity contribution in [1.29, 1.82) is 0 Å². The Morgan fingerprint density at radius 1 is 1.53 bits per heavy atom. The van der Waals surface area contributed by atoms with Crippen LogP contribution < -0.4 is 5.32 Å². The van der Waals surface area contributed by atoms with Gasteiger partial charge in [-0.05, 0) is 58.8 Å². The van der Waals surface area contributed by atoms with Crippen molar-refractivity contribution < 1.29 is 9.15 Å². The quantitative estimate of drug-likeness (QED) is 0.827. The van der Waals surface area contributed by atoms with Gasteiger partial charge in [-0.2, -0.15) is 0 Å². The maximum atomic E-state index is 5.76. The Morgan fingerprint density at radius 2 is 2.35 bits per heavy atom. The second-order valence-electron chi connectivity index (χ2n) is 3.64. The number of hydrogen-bond donors (Lipinski definition) is 1. The van der Waals surface area contributed by atoms with Crippen LogP contribution in [0.15, 0.2) is 28.0 Å². The van der Waals surface area contributed by atoms with Gasteiger partial charge in [0.15, 0.2) is 0 Å². The van der Waals surface area contributed by atoms with Crippen LogP contribution in [0.3, 0.4) is 0 Å². The van der Waals surface area contributed by atoms with Crippen molar-refractivity contribution in [3.8, 4) is 0 Å². The van der Waals surface area contributed by atoms with Gasteiger partial charge in [-0.1, -0.05) is 0 Å². The average Bonchev–Trinajstić information content (AvgIpc) is 2.91. The summed E-state index contributed by atoms with van der Waals surface area (Å²) in [7, 11) is 3.60. The lowest BCUT2D eigenvalue weighted by molar-refractivity contribution is 0.162. The van der Waals surface area contributed by atoms with Crippen LogP contribution in [0.4, 0.5) is 0 Å². The maximum absolute atomic E-state index is 5.76. The summed E-state index contributed by atoms with van der Waals surface area (Å²) in [5.41, 5.74) is 1.24. The minimum Gasteiger partial charge on any atom is -0.462 e. The summed E-state index contributed by atoms with van der Waals surface area (Å²) >= 11 is 4.07. The molecule has 0 saturated heterocycles. The van der Waals surface area contributed by atoms with E-state index < -0.39 is 0 Å². The fourth-order valence-corrected chi connectivity index (χ4v) is 3.12. The van der Waals surface area contributed by atoms with Gasteiger partial charge in [0, 0.05) is 7.11 Å². The van der Waals surface area contributed by atoms with E-state index in [2.05, 4.69) is 39.4 Å². The summed E-state index contributed by atoms with van der Waals surface area (Å²) < 4.78 is 12.1. The largest absolute Gasteiger partial charge is 0.462 e. The molecule has 1 N–H and O–H groups in total. The lowest BCUT2D eigenvalue weighted by Crippen LogP contribution is -2.16. The third-order valence-corrected chi connectivity index (χ3v) is 4.27. The number of furan rings is 1. The summed E-state index contributed by atoms with van der Waals surface area (Å²) in [4.78, 5) is 0. The zero-order valence-corrected chi connectivity index (χ0v) is 12.7. The Balaban J connectivity index is 2.22. The Morgan fingerprint density at radius 3 is 2.94 bits per heavy atom. The summed E-state index contributed by atoms with van der Waals surface area (Å²) in [5.74, 6) is 1.78. The lowest BCUT2D eigenvalue weighted by atomic mass is 10.1. The number of hydrogen-bond acceptors (Lipinski definition) is 4. The van der Waals surface area contributed by atoms with Gasteiger partial charge in [0.05, 0.1) is 8.93 Å². The minimum absolute atomic E-state index is 0.111. The Bertz CT molecular complexity index is 480. The highest BCUT2D eigenvalue weighted by Gasteiger charge is 2.17. The third kappa shape index (κ3) is 3.09. The molecule has 0 amide bonds. The molecule has 1 atom stereocenters. The highest BCUT2D eigenvalue weighted by molar-refractivity contribution is 14.1. The molecular weight excluding hydrogens is 349 g/mol. The van der Waals surface area contributed by atoms with Gasteiger partial charge in [0.2, 0.25) is 0 Å². The SMILES string of the molecule is CNC(c1csc(I)c1)c1ccc(COC)o1. The molecule has 17 heavy (non-hydrogen) atoms. The first-order chi connectivity index (χ1) is 8.24. The van der Waals surface area contributed by atoms with E-state index in [4.69, 9.17) is 9.15 Å². The molecule has 1 unspecified atom stereocenters. The third-order valence-electron chi connectivity index (χ3n) is 2.46. The van der Waals surface area contributed by atoms with Crippen molar-refractivity contribution in [1.82, 2.24) is 5.32 Å². The van der Waals surface area contributed by atoms with Crippen LogP contribution >= 0.6 is 33.9 Å². The normalized spacial score (nSPS) is 12.9. The predicted molar refractivity (Wildman–Crippen MR) is 77.4 cm³/mol. The van der Waals surface area contributed by atoms with Crippen molar-refractivity contribution in [3.63, 3.8) is 0 Å². The fraction of sp³-hybridized carbons (Fsp3) is 0.333. The van der Waals surface area contributed by atoms with Crippen LogP contribution in [0.2, 0.25) is 0 Å². The highest BCUT2D eigenvalue weighted by Crippen LogP contribution is 2.28. The van der Waals surface area contributed by atoms with Gasteiger partial charge in [-0.25, -0.2) is 0 Å². The van der Waals surface area contributed by atoms with Crippen LogP contribution in [0, 0.1) is 2.88 Å². The number of ether oxygens (including phenoxy) is 1. The highest BCUT2D eigenvalue weighted by atomic mass is 127. The molecule has 0 bridgehead atoms. The molecule has 2 aromatic heterocycles. The second-order valence-corrected chi connectivity index (χ2v) is 6.45. The molecule has 0 aliphatic heterocycles. The topological polar surface area (TPSA) is 34.4 Å². The monoisotopic (exact) mass is 363 g/mol. The van der Waals surface area contributed by atoms with Crippen molar-refractivity contribution in [2.45, 2.75) is 12.6 Å². The van der Waals surface area contributed by atoms with Crippen molar-refractivity contribution in [2.75, 3.05) is 14.2 Å². The number of methoxy groups -OCH3 is 1. The first-order valence-electron chi connectivity index (χ1n) is 5.23. The van der Waals surface area contributed by atoms with Crippen LogP contribution in [0.5, 0.6) is 0 Å². The van der Waals surface area contributed by atoms with E-state index in [1.54, 1.807) is 18.4 Å². The van der Waals surface area contributed by atoms with Gasteiger partial charge in [0.25, 0.3) is 0 Å². The number of rotatable bonds is 5. The van der Waals surface area contributed by atoms with Crippen LogP contribution in [-0.4, -0.2) is 14.2 Å². The molecule has 0 aromatic carbocycles. The van der Waals surface area contributed by atoms with Crippen LogP contribution in [0.1, 0.15) is 23.1 Å². The van der Waals surface area contributed by atoms with Gasteiger partial charge >= 0.3 is 0 Å². The summed E-state index contributed by atoms with van der Waals surface area (Å²) in [6, 6.07) is 6.24. The zero-order valence-electron chi connectivity index (χ0n) is 9.70. The number of thiophene rings is 1. The van der Waals surface area contributed by atoms with Crippen molar-refractivity contribution in [3.05, 3.63) is 43.5 Å². The molecule has 2 heterocycles. The summed E-state index contributed by atoms with van der Waals surface area (Å²) in [6.07, 6.45) is 0. The lowest BCUT2D eigenvalue weighted by Gasteiger charge is -2.11. The van der Waals surface area contributed by atoms with E-state index in [1.807, 2.05) is 19.2 Å². The van der Waals surface area contributed by atoms with Crippen LogP contribution in [0.25, 0.3) is 0 Å². The fourth-order valence-electron chi connectivity index (χ4n) is 1.72. The standard InChI is InChI=1S/C12H14INO2S/c1-14-12(8-5-11(13)17-7-8)10-4-3-9(16-10)6-15-2/h3-5,7,12,14H,6H2,1-2H3. The molecule has 0 fully saturated rings. The van der Waals surface area contributed by atoms with Crippen molar-refractivity contribution in [2.24, 2.45) is 0 Å². The molecule has 2 rings (SSSR count). The second kappa shape index (κ2) is 5.99. The van der Waals surface area contributed by atoms with E-state index in [0.29, 0.717) is 6.61 Å². The molecule has 5 heteroatoms. The van der Waals surface area contributed by atoms with E-state index in [-0.39, 0.29) is 6.04 Å². The van der Waals surface area contributed by atoms with Gasteiger partial charge in [-0.3, -0.25) is 0 Å². The van der Waals surface area contributed by atoms with Gasteiger partial charge < -0.3 is 14.5 Å². The van der Waals surface area contributed by atoms with Crippen molar-refractivity contribution >= 4 is 33.9 Å². The van der Waals surface area contributed by atoms with Crippen LogP contribution in [-0.2, 0) is 11.3 Å². The molecule has 0 aliphatic rings. The zero-order chi connectivity index (χ0) is 12.3. The molecule has 2 aromatic rings. The Labute approximate surface area is 118 Å². The number of halogens is 1. The molecule has 3 nitrogen and oxygen atoms in total. The smallest absolute Gasteiger partial charge is 0.129 e. The molecule has 0 radical (unpaired) electrons. The summed E-state index contributed by atoms with van der Waals surface area (Å²) in [5, 5.41) is 5.43.